The minimum Gasteiger partial charge on any atom is -0.395 e. The second kappa shape index (κ2) is 5.53. The maximum absolute atomic E-state index is 12.0. The molecule has 3 heteroatoms. The van der Waals surface area contributed by atoms with Crippen LogP contribution in [0.4, 0.5) is 0 Å². The number of benzene rings is 1. The summed E-state index contributed by atoms with van der Waals surface area (Å²) < 4.78 is 0. The minimum absolute atomic E-state index is 0.0175. The molecule has 0 unspecified atom stereocenters. The summed E-state index contributed by atoms with van der Waals surface area (Å²) >= 11 is 0. The lowest BCUT2D eigenvalue weighted by Crippen LogP contribution is -2.48. The molecule has 1 aliphatic carbocycles. The number of aliphatic hydroxyl groups excluding tert-OH is 1. The average molecular weight is 247 g/mol. The van der Waals surface area contributed by atoms with Crippen LogP contribution in [-0.4, -0.2) is 24.2 Å². The molecule has 0 spiro atoms. The van der Waals surface area contributed by atoms with Crippen LogP contribution in [0.15, 0.2) is 24.3 Å². The van der Waals surface area contributed by atoms with E-state index in [-0.39, 0.29) is 12.5 Å². The predicted octanol–water partition coefficient (Wildman–Crippen LogP) is 1.82. The van der Waals surface area contributed by atoms with E-state index in [1.165, 1.54) is 11.1 Å². The van der Waals surface area contributed by atoms with Crippen molar-refractivity contribution in [2.24, 2.45) is 5.41 Å². The van der Waals surface area contributed by atoms with E-state index < -0.39 is 5.41 Å². The lowest BCUT2D eigenvalue weighted by atomic mass is 9.68. The number of aliphatic hydroxyl groups is 1. The number of nitrogens with one attached hydrogen (secondary N) is 1. The van der Waals surface area contributed by atoms with Gasteiger partial charge in [-0.25, -0.2) is 0 Å². The minimum atomic E-state index is -0.480. The normalized spacial score (nSPS) is 17.0. The van der Waals surface area contributed by atoms with Gasteiger partial charge in [0.05, 0.1) is 12.0 Å². The Morgan fingerprint density at radius 1 is 1.44 bits per heavy atom. The molecule has 2 rings (SSSR count). The van der Waals surface area contributed by atoms with Crippen molar-refractivity contribution in [1.82, 2.24) is 5.32 Å². The molecule has 3 nitrogen and oxygen atoms in total. The summed E-state index contributed by atoms with van der Waals surface area (Å²) in [6.45, 7) is 2.69. The number of carbonyl (C=O) groups is 1. The van der Waals surface area contributed by atoms with Crippen LogP contribution in [-0.2, 0) is 11.2 Å². The van der Waals surface area contributed by atoms with Crippen molar-refractivity contribution in [3.63, 3.8) is 0 Å². The third-order valence-corrected chi connectivity index (χ3v) is 3.88. The van der Waals surface area contributed by atoms with Gasteiger partial charge in [0.25, 0.3) is 0 Å². The predicted molar refractivity (Wildman–Crippen MR) is 71.3 cm³/mol. The van der Waals surface area contributed by atoms with E-state index in [0.717, 1.165) is 25.7 Å². The molecule has 1 aromatic rings. The Morgan fingerprint density at radius 2 is 2.22 bits per heavy atom. The summed E-state index contributed by atoms with van der Waals surface area (Å²) in [7, 11) is 0. The molecule has 98 valence electrons. The van der Waals surface area contributed by atoms with Gasteiger partial charge in [-0.15, -0.1) is 0 Å². The third-order valence-electron chi connectivity index (χ3n) is 3.88. The molecule has 1 fully saturated rings. The van der Waals surface area contributed by atoms with E-state index in [1.807, 2.05) is 6.07 Å². The summed E-state index contributed by atoms with van der Waals surface area (Å²) in [4.78, 5) is 12.0. The van der Waals surface area contributed by atoms with Gasteiger partial charge in [-0.1, -0.05) is 36.2 Å². The van der Waals surface area contributed by atoms with Crippen molar-refractivity contribution in [3.05, 3.63) is 35.4 Å². The number of carbonyl (C=O) groups excluding carboxylic acids is 1. The Kier molecular flexibility index (Phi) is 4.02. The van der Waals surface area contributed by atoms with Crippen molar-refractivity contribution in [2.75, 3.05) is 13.2 Å². The molecule has 2 N–H and O–H groups in total. The lowest BCUT2D eigenvalue weighted by Gasteiger charge is -2.38. The van der Waals surface area contributed by atoms with Crippen molar-refractivity contribution < 1.29 is 9.90 Å². The Labute approximate surface area is 108 Å². The highest BCUT2D eigenvalue weighted by atomic mass is 16.3. The molecule has 0 radical (unpaired) electrons. The third kappa shape index (κ3) is 2.72. The first kappa shape index (κ1) is 13.1. The molecular formula is C15H21NO2. The summed E-state index contributed by atoms with van der Waals surface area (Å²) in [6, 6.07) is 8.31. The zero-order valence-corrected chi connectivity index (χ0v) is 10.9. The van der Waals surface area contributed by atoms with E-state index in [1.54, 1.807) is 0 Å². The van der Waals surface area contributed by atoms with Crippen LogP contribution >= 0.6 is 0 Å². The molecular weight excluding hydrogens is 226 g/mol. The standard InChI is InChI=1S/C15H21NO2/c1-12-4-2-5-13(10-12)6-9-16-14(18)15(11-17)7-3-8-15/h2,4-5,10,17H,3,6-9,11H2,1H3,(H,16,18). The fourth-order valence-corrected chi connectivity index (χ4v) is 2.44. The number of amides is 1. The van der Waals surface area contributed by atoms with Gasteiger partial charge in [-0.2, -0.15) is 0 Å². The maximum Gasteiger partial charge on any atom is 0.228 e. The number of rotatable bonds is 5. The van der Waals surface area contributed by atoms with Crippen molar-refractivity contribution in [2.45, 2.75) is 32.6 Å². The monoisotopic (exact) mass is 247 g/mol. The van der Waals surface area contributed by atoms with Crippen molar-refractivity contribution >= 4 is 5.91 Å². The first-order chi connectivity index (χ1) is 8.66. The van der Waals surface area contributed by atoms with E-state index in [4.69, 9.17) is 0 Å². The van der Waals surface area contributed by atoms with Crippen LogP contribution in [0.2, 0.25) is 0 Å². The van der Waals surface area contributed by atoms with Gasteiger partial charge in [0.1, 0.15) is 0 Å². The fourth-order valence-electron chi connectivity index (χ4n) is 2.44. The van der Waals surface area contributed by atoms with E-state index in [0.29, 0.717) is 6.54 Å². The zero-order chi connectivity index (χ0) is 13.0. The summed E-state index contributed by atoms with van der Waals surface area (Å²) in [6.07, 6.45) is 3.53. The molecule has 1 aliphatic rings. The number of hydrogen-bond donors (Lipinski definition) is 2. The number of hydrogen-bond acceptors (Lipinski definition) is 2. The Hall–Kier alpha value is -1.35. The van der Waals surface area contributed by atoms with Gasteiger partial charge < -0.3 is 10.4 Å². The molecule has 18 heavy (non-hydrogen) atoms. The van der Waals surface area contributed by atoms with Crippen LogP contribution in [0.5, 0.6) is 0 Å². The van der Waals surface area contributed by atoms with Crippen LogP contribution in [0, 0.1) is 12.3 Å². The smallest absolute Gasteiger partial charge is 0.228 e. The SMILES string of the molecule is Cc1cccc(CCNC(=O)C2(CO)CCC2)c1. The van der Waals surface area contributed by atoms with Crippen molar-refractivity contribution in [3.8, 4) is 0 Å². The highest BCUT2D eigenvalue weighted by Gasteiger charge is 2.43. The van der Waals surface area contributed by atoms with E-state index in [2.05, 4.69) is 30.4 Å². The van der Waals surface area contributed by atoms with E-state index in [9.17, 15) is 9.90 Å². The van der Waals surface area contributed by atoms with Gasteiger partial charge in [0, 0.05) is 6.54 Å². The molecule has 0 atom stereocenters. The molecule has 0 heterocycles. The Balaban J connectivity index is 1.80. The topological polar surface area (TPSA) is 49.3 Å². The first-order valence-electron chi connectivity index (χ1n) is 6.61. The van der Waals surface area contributed by atoms with Crippen molar-refractivity contribution in [1.29, 1.82) is 0 Å². The van der Waals surface area contributed by atoms with Crippen LogP contribution in [0.3, 0.4) is 0 Å². The highest BCUT2D eigenvalue weighted by molar-refractivity contribution is 5.83. The van der Waals surface area contributed by atoms with Gasteiger partial charge in [-0.05, 0) is 31.7 Å². The Bertz CT molecular complexity index is 419. The Morgan fingerprint density at radius 3 is 2.78 bits per heavy atom. The van der Waals surface area contributed by atoms with Crippen LogP contribution in [0.1, 0.15) is 30.4 Å². The highest BCUT2D eigenvalue weighted by Crippen LogP contribution is 2.40. The second-order valence-corrected chi connectivity index (χ2v) is 5.29. The van der Waals surface area contributed by atoms with Gasteiger partial charge in [0.2, 0.25) is 5.91 Å². The molecule has 0 aromatic heterocycles. The molecule has 0 aliphatic heterocycles. The summed E-state index contributed by atoms with van der Waals surface area (Å²) in [5.41, 5.74) is 2.00. The van der Waals surface area contributed by atoms with E-state index >= 15 is 0 Å². The molecule has 1 saturated carbocycles. The largest absolute Gasteiger partial charge is 0.395 e. The van der Waals surface area contributed by atoms with Gasteiger partial charge in [-0.3, -0.25) is 4.79 Å². The first-order valence-corrected chi connectivity index (χ1v) is 6.61. The summed E-state index contributed by atoms with van der Waals surface area (Å²) in [5.74, 6) is 0.0175. The average Bonchev–Trinajstić information content (AvgIpc) is 2.28. The molecule has 1 aromatic carbocycles. The summed E-state index contributed by atoms with van der Waals surface area (Å²) in [5, 5.41) is 12.2. The van der Waals surface area contributed by atoms with Crippen LogP contribution < -0.4 is 5.32 Å². The van der Waals surface area contributed by atoms with Gasteiger partial charge in [0.15, 0.2) is 0 Å². The number of aryl methyl sites for hydroxylation is 1. The lowest BCUT2D eigenvalue weighted by molar-refractivity contribution is -0.139. The molecule has 1 amide bonds. The molecule has 0 saturated heterocycles. The van der Waals surface area contributed by atoms with Crippen LogP contribution in [0.25, 0.3) is 0 Å². The quantitative estimate of drug-likeness (QED) is 0.833. The second-order valence-electron chi connectivity index (χ2n) is 5.29. The fraction of sp³-hybridized carbons (Fsp3) is 0.533. The zero-order valence-electron chi connectivity index (χ0n) is 10.9. The van der Waals surface area contributed by atoms with Gasteiger partial charge >= 0.3 is 0 Å². The maximum atomic E-state index is 12.0. The molecule has 0 bridgehead atoms.